The first-order chi connectivity index (χ1) is 16.5. The number of furan rings is 1. The van der Waals surface area contributed by atoms with E-state index in [0.29, 0.717) is 11.1 Å². The molecule has 156 valence electrons. The number of pyridine rings is 1. The van der Waals surface area contributed by atoms with Gasteiger partial charge in [0.1, 0.15) is 0 Å². The number of hydrogen-bond donors (Lipinski definition) is 0. The molecule has 6 aromatic rings. The van der Waals surface area contributed by atoms with E-state index in [0.717, 1.165) is 27.8 Å². The van der Waals surface area contributed by atoms with Crippen molar-refractivity contribution in [3.8, 4) is 16.9 Å². The molecule has 0 aliphatic heterocycles. The summed E-state index contributed by atoms with van der Waals surface area (Å²) in [6, 6.07) is 32.7. The topological polar surface area (TPSA) is 34.8 Å². The number of rotatable bonds is 2. The van der Waals surface area contributed by atoms with Gasteiger partial charge >= 0.3 is 20.1 Å². The maximum Gasteiger partial charge on any atom is 3.00 e. The van der Waals surface area contributed by atoms with E-state index in [-0.39, 0.29) is 20.1 Å². The van der Waals surface area contributed by atoms with Crippen LogP contribution in [-0.2, 0) is 27.1 Å². The summed E-state index contributed by atoms with van der Waals surface area (Å²) in [6.07, 6.45) is 6.29. The number of hydrogen-bond acceptors (Lipinski definition) is 2. The second-order valence-electron chi connectivity index (χ2n) is 6.78. The minimum atomic E-state index is -2.30. The number of benzene rings is 3. The molecule has 0 atom stereocenters. The smallest absolute Gasteiger partial charge is 0.514 e. The third-order valence-corrected chi connectivity index (χ3v) is 4.83. The van der Waals surface area contributed by atoms with E-state index in [1.54, 1.807) is 29.2 Å². The van der Waals surface area contributed by atoms with Crippen molar-refractivity contribution in [3.63, 3.8) is 0 Å². The number of fused-ring (bicyclic) bond motifs is 2. The van der Waals surface area contributed by atoms with E-state index in [1.807, 2.05) is 72.8 Å². The Hall–Kier alpha value is -3.53. The van der Waals surface area contributed by atoms with Crippen LogP contribution in [0.3, 0.4) is 0 Å². The third-order valence-electron chi connectivity index (χ3n) is 4.83. The van der Waals surface area contributed by atoms with Crippen LogP contribution >= 0.6 is 0 Å². The van der Waals surface area contributed by atoms with E-state index >= 15 is 0 Å². The second kappa shape index (κ2) is 9.73. The molecule has 4 nitrogen and oxygen atoms in total. The van der Waals surface area contributed by atoms with Gasteiger partial charge in [0.15, 0.2) is 0 Å². The molecule has 0 aliphatic carbocycles. The Bertz CT molecular complexity index is 1510. The third kappa shape index (κ3) is 4.26. The largest absolute Gasteiger partial charge is 3.00 e. The van der Waals surface area contributed by atoms with Gasteiger partial charge in [0.05, 0.1) is 34.1 Å². The van der Waals surface area contributed by atoms with Crippen molar-refractivity contribution >= 4 is 22.0 Å². The van der Waals surface area contributed by atoms with E-state index in [1.165, 1.54) is 4.57 Å². The van der Waals surface area contributed by atoms with Gasteiger partial charge in [-0.3, -0.25) is 0 Å². The molecule has 5 heteroatoms. The van der Waals surface area contributed by atoms with E-state index in [9.17, 15) is 0 Å². The maximum atomic E-state index is 7.68. The molecule has 32 heavy (non-hydrogen) atoms. The minimum absolute atomic E-state index is 0. The molecule has 3 heterocycles. The summed E-state index contributed by atoms with van der Waals surface area (Å²) in [5.74, 6) is 0. The summed E-state index contributed by atoms with van der Waals surface area (Å²) in [6.45, 7) is -2.30. The van der Waals surface area contributed by atoms with Crippen LogP contribution in [0, 0.1) is 18.5 Å². The monoisotopic (exact) mass is 597 g/mol. The van der Waals surface area contributed by atoms with Crippen LogP contribution in [-0.4, -0.2) is 9.55 Å². The van der Waals surface area contributed by atoms with Gasteiger partial charge in [-0.25, -0.2) is 0 Å². The summed E-state index contributed by atoms with van der Waals surface area (Å²) in [4.78, 5) is 4.22. The van der Waals surface area contributed by atoms with E-state index in [4.69, 9.17) is 8.53 Å². The predicted octanol–water partition coefficient (Wildman–Crippen LogP) is 5.35. The van der Waals surface area contributed by atoms with Crippen LogP contribution in [0.1, 0.15) is 4.11 Å². The summed E-state index contributed by atoms with van der Waals surface area (Å²) in [5.41, 5.74) is 4.77. The number of aryl methyl sites for hydroxylation is 1. The van der Waals surface area contributed by atoms with Crippen molar-refractivity contribution in [1.29, 1.82) is 0 Å². The van der Waals surface area contributed by atoms with Crippen LogP contribution < -0.4 is 4.57 Å². The van der Waals surface area contributed by atoms with Crippen molar-refractivity contribution < 1.29 is 33.2 Å². The molecule has 0 saturated heterocycles. The standard InChI is InChI=1S/C16H11N2O.C11H8N.Ir/c1-17-11-18(14-8-4-3-7-13(14)17)15-10-19-16-9-5-2-6-12(15)16;1-2-6-10(7-3-1)11-8-4-5-9-12-11;/h2-5,7-10H,1H3;1-6,8-9H;/q2*-1;+3/i1D3;;. The SMILES string of the molecule is [2H]C([2H])([2H])[n+]1[c-]n(-c2coc3ccc[c-]c23)c2ccccc21.[Ir+3].[c-]1ccccc1-c1ccccn1. The quantitative estimate of drug-likeness (QED) is 0.200. The molecular weight excluding hydrogens is 575 g/mol. The van der Waals surface area contributed by atoms with Crippen LogP contribution in [0.5, 0.6) is 0 Å². The van der Waals surface area contributed by atoms with Gasteiger partial charge in [0.25, 0.3) is 0 Å². The van der Waals surface area contributed by atoms with Crippen LogP contribution in [0.15, 0.2) is 102 Å². The average molecular weight is 597 g/mol. The Balaban J connectivity index is 0.000000189. The van der Waals surface area contributed by atoms with Crippen LogP contribution in [0.25, 0.3) is 38.9 Å². The molecule has 0 aliphatic rings. The van der Waals surface area contributed by atoms with Crippen molar-refractivity contribution in [1.82, 2.24) is 9.55 Å². The fourth-order valence-electron chi connectivity index (χ4n) is 3.37. The average Bonchev–Trinajstić information content (AvgIpc) is 3.47. The molecule has 0 N–H and O–H groups in total. The van der Waals surface area contributed by atoms with E-state index in [2.05, 4.69) is 23.4 Å². The molecule has 0 unspecified atom stereocenters. The minimum Gasteiger partial charge on any atom is -0.514 e. The number of aromatic nitrogens is 3. The molecule has 0 spiro atoms. The molecule has 3 aromatic carbocycles. The van der Waals surface area contributed by atoms with Gasteiger partial charge in [-0.1, -0.05) is 41.8 Å². The maximum absolute atomic E-state index is 7.68. The van der Waals surface area contributed by atoms with Gasteiger partial charge in [-0.05, 0) is 11.8 Å². The summed E-state index contributed by atoms with van der Waals surface area (Å²) in [5, 5.41) is 0.789. The van der Waals surface area contributed by atoms with Crippen molar-refractivity contribution in [2.75, 3.05) is 0 Å². The van der Waals surface area contributed by atoms with Crippen molar-refractivity contribution in [2.24, 2.45) is 6.98 Å². The summed E-state index contributed by atoms with van der Waals surface area (Å²) >= 11 is 0. The molecule has 0 bridgehead atoms. The van der Waals surface area contributed by atoms with Gasteiger partial charge in [0.2, 0.25) is 6.33 Å². The first-order valence-electron chi connectivity index (χ1n) is 11.2. The fraction of sp³-hybridized carbons (Fsp3) is 0.0370. The Labute approximate surface area is 204 Å². The molecule has 0 amide bonds. The number of nitrogens with zero attached hydrogens (tertiary/aromatic N) is 3. The zero-order valence-corrected chi connectivity index (χ0v) is 19.2. The Morgan fingerprint density at radius 2 is 1.78 bits per heavy atom. The zero-order chi connectivity index (χ0) is 23.5. The number of para-hydroxylation sites is 2. The molecule has 0 fully saturated rings. The van der Waals surface area contributed by atoms with Crippen LogP contribution in [0.2, 0.25) is 0 Å². The predicted molar refractivity (Wildman–Crippen MR) is 120 cm³/mol. The summed E-state index contributed by atoms with van der Waals surface area (Å²) < 4.78 is 31.4. The van der Waals surface area contributed by atoms with Crippen molar-refractivity contribution in [2.45, 2.75) is 0 Å². The molecule has 0 saturated carbocycles. The van der Waals surface area contributed by atoms with Gasteiger partial charge in [-0.15, -0.1) is 60.2 Å². The number of imidazole rings is 1. The fourth-order valence-corrected chi connectivity index (χ4v) is 3.37. The first kappa shape index (κ1) is 18.1. The molecule has 3 aromatic heterocycles. The Morgan fingerprint density at radius 3 is 2.59 bits per heavy atom. The molecule has 6 rings (SSSR count). The zero-order valence-electron chi connectivity index (χ0n) is 19.8. The van der Waals surface area contributed by atoms with Crippen LogP contribution in [0.4, 0.5) is 0 Å². The molecule has 0 radical (unpaired) electrons. The summed E-state index contributed by atoms with van der Waals surface area (Å²) in [7, 11) is 0. The van der Waals surface area contributed by atoms with Crippen molar-refractivity contribution in [3.05, 3.63) is 116 Å². The van der Waals surface area contributed by atoms with E-state index < -0.39 is 6.98 Å². The Morgan fingerprint density at radius 1 is 0.938 bits per heavy atom. The van der Waals surface area contributed by atoms with Gasteiger partial charge in [0, 0.05) is 11.8 Å². The molecular formula is C27H19IrN3O+. The first-order valence-corrected chi connectivity index (χ1v) is 9.74. The second-order valence-corrected chi connectivity index (χ2v) is 6.78. The normalized spacial score (nSPS) is 12.2. The van der Waals surface area contributed by atoms with Gasteiger partial charge in [-0.2, -0.15) is 0 Å². The Kier molecular flexibility index (Phi) is 5.50. The van der Waals surface area contributed by atoms with Gasteiger partial charge < -0.3 is 18.5 Å².